The zero-order chi connectivity index (χ0) is 47.7. The van der Waals surface area contributed by atoms with E-state index in [1.54, 1.807) is 0 Å². The molecule has 5 fully saturated rings. The zero-order valence-corrected chi connectivity index (χ0v) is 34.8. The summed E-state index contributed by atoms with van der Waals surface area (Å²) in [7, 11) is 0. The molecule has 29 nitrogen and oxygen atoms in total. The molecule has 65 heavy (non-hydrogen) atoms. The molecule has 378 valence electrons. The molecule has 29 heteroatoms. The first-order chi connectivity index (χ1) is 31.1. The van der Waals surface area contributed by atoms with Crippen molar-refractivity contribution in [3.63, 3.8) is 0 Å². The van der Waals surface area contributed by atoms with Crippen LogP contribution >= 0.6 is 0 Å². The molecule has 5 rings (SSSR count). The van der Waals surface area contributed by atoms with Crippen LogP contribution in [0, 0.1) is 0 Å². The van der Waals surface area contributed by atoms with Gasteiger partial charge in [-0.25, -0.2) is 0 Å². The Kier molecular flexibility index (Phi) is 21.0. The third kappa shape index (κ3) is 12.5. The van der Waals surface area contributed by atoms with Gasteiger partial charge >= 0.3 is 0 Å². The highest BCUT2D eigenvalue weighted by atomic mass is 16.8. The monoisotopic (exact) mass is 953 g/mol. The van der Waals surface area contributed by atoms with Crippen molar-refractivity contribution in [1.29, 1.82) is 0 Å². The van der Waals surface area contributed by atoms with Crippen molar-refractivity contribution in [3.05, 3.63) is 10.4 Å². The molecule has 5 aliphatic rings. The zero-order valence-electron chi connectivity index (χ0n) is 34.8. The summed E-state index contributed by atoms with van der Waals surface area (Å²) >= 11 is 0. The first-order valence-electron chi connectivity index (χ1n) is 21.1. The fourth-order valence-electron chi connectivity index (χ4n) is 8.00. The van der Waals surface area contributed by atoms with E-state index in [0.29, 0.717) is 32.2 Å². The van der Waals surface area contributed by atoms with E-state index in [4.69, 9.17) is 52.9 Å². The van der Waals surface area contributed by atoms with Crippen LogP contribution in [0.3, 0.4) is 0 Å². The Morgan fingerprint density at radius 2 is 0.708 bits per heavy atom. The van der Waals surface area contributed by atoms with E-state index in [2.05, 4.69) is 10.0 Å². The fraction of sp³-hybridized carbons (Fsp3) is 1.00. The minimum atomic E-state index is -2.18. The average Bonchev–Trinajstić information content (AvgIpc) is 3.30. The SMILES string of the molecule is [N-]=[N+]=NCCCCCCO[C@H]1OC(CO)[C@@H](O)[C@H](O)C1OC1OC(CO)[C@@H](O)[C@H](OC2OC(CO)[C@@H](O)[C@H](OC3OC(CO)[C@@H](O)[C@H](OC4OC(CO)[C@@H](O)[C@H](O)C4O)C3O)C2O)C1O. The van der Waals surface area contributed by atoms with Crippen molar-refractivity contribution in [2.45, 2.75) is 179 Å². The predicted molar refractivity (Wildman–Crippen MR) is 203 cm³/mol. The van der Waals surface area contributed by atoms with Gasteiger partial charge in [0.2, 0.25) is 0 Å². The van der Waals surface area contributed by atoms with Gasteiger partial charge in [-0.15, -0.1) is 0 Å². The summed E-state index contributed by atoms with van der Waals surface area (Å²) in [6.07, 6.45) is -43.8. The van der Waals surface area contributed by atoms with Gasteiger partial charge in [0, 0.05) is 18.1 Å². The van der Waals surface area contributed by atoms with Gasteiger partial charge in [0.1, 0.15) is 122 Å². The molecule has 5 aliphatic heterocycles. The third-order valence-electron chi connectivity index (χ3n) is 11.8. The first kappa shape index (κ1) is 54.2. The number of rotatable bonds is 21. The van der Waals surface area contributed by atoms with Crippen molar-refractivity contribution in [3.8, 4) is 0 Å². The Hall–Kier alpha value is -1.73. The van der Waals surface area contributed by atoms with Gasteiger partial charge < -0.3 is 129 Å². The van der Waals surface area contributed by atoms with Gasteiger partial charge in [-0.1, -0.05) is 18.0 Å². The maximum Gasteiger partial charge on any atom is 0.187 e. The molecule has 5 saturated heterocycles. The third-order valence-corrected chi connectivity index (χ3v) is 11.8. The molecule has 0 saturated carbocycles. The number of hydrogen-bond acceptors (Lipinski definition) is 27. The van der Waals surface area contributed by atoms with Gasteiger partial charge in [0.25, 0.3) is 0 Å². The summed E-state index contributed by atoms with van der Waals surface area (Å²) in [6.45, 7) is -4.17. The predicted octanol–water partition coefficient (Wildman–Crippen LogP) is -9.03. The van der Waals surface area contributed by atoms with Crippen LogP contribution in [0.2, 0.25) is 0 Å². The maximum atomic E-state index is 11.5. The van der Waals surface area contributed by atoms with Crippen LogP contribution in [0.25, 0.3) is 10.4 Å². The highest BCUT2D eigenvalue weighted by molar-refractivity contribution is 4.99. The maximum absolute atomic E-state index is 11.5. The van der Waals surface area contributed by atoms with E-state index >= 15 is 0 Å². The van der Waals surface area contributed by atoms with Crippen molar-refractivity contribution >= 4 is 0 Å². The topological polar surface area (TPSA) is 465 Å². The molecule has 0 bridgehead atoms. The molecule has 0 amide bonds. The smallest absolute Gasteiger partial charge is 0.187 e. The summed E-state index contributed by atoms with van der Waals surface area (Å²) in [5.41, 5.74) is 8.43. The van der Waals surface area contributed by atoms with Crippen molar-refractivity contribution in [1.82, 2.24) is 0 Å². The highest BCUT2D eigenvalue weighted by Crippen LogP contribution is 2.36. The molecule has 16 N–H and O–H groups in total. The lowest BCUT2D eigenvalue weighted by atomic mass is 9.95. The van der Waals surface area contributed by atoms with Crippen molar-refractivity contribution in [2.75, 3.05) is 46.2 Å². The number of hydrogen-bond donors (Lipinski definition) is 16. The normalized spacial score (nSPS) is 47.3. The van der Waals surface area contributed by atoms with Crippen molar-refractivity contribution < 1.29 is 129 Å². The second-order valence-electron chi connectivity index (χ2n) is 16.2. The van der Waals surface area contributed by atoms with Crippen LogP contribution in [-0.4, -0.2) is 281 Å². The number of aliphatic hydroxyl groups excluding tert-OH is 16. The molecule has 0 aromatic rings. The van der Waals surface area contributed by atoms with Gasteiger partial charge in [-0.3, -0.25) is 0 Å². The molecule has 0 spiro atoms. The fourth-order valence-corrected chi connectivity index (χ4v) is 8.00. The molecular formula is C36H63N3O26. The Balaban J connectivity index is 1.31. The Bertz CT molecular complexity index is 1460. The molecule has 14 unspecified atom stereocenters. The van der Waals surface area contributed by atoms with Gasteiger partial charge in [0.05, 0.1) is 33.0 Å². The number of unbranched alkanes of at least 4 members (excludes halogenated alkanes) is 3. The molecule has 0 aromatic carbocycles. The number of nitrogens with zero attached hydrogens (tertiary/aromatic N) is 3. The standard InChI is InChI=1S/C36H63N3O26/c37-39-38-5-3-1-2-4-6-56-36-31(23(51)18(46)13(8-41)61-36)65-35-27(55)30(21(49)16(11-44)60-35)64-34-26(54)29(20(48)15(10-43)59-34)63-33-25(53)28(19(47)14(9-42)58-33)62-32-24(52)22(50)17(45)12(7-40)57-32/h12-36,40-55H,1-11H2/t12?,13?,14?,15?,16?,17-,18-,19-,20-,21-,22+,23+,24?,25?,26?,27?,28+,29+,30+,31?,32?,33?,34?,35?,36+/m1/s1. The molecule has 5 heterocycles. The molecule has 0 aromatic heterocycles. The summed E-state index contributed by atoms with van der Waals surface area (Å²) < 4.78 is 56.4. The van der Waals surface area contributed by atoms with Gasteiger partial charge in [-0.05, 0) is 18.4 Å². The summed E-state index contributed by atoms with van der Waals surface area (Å²) in [5.74, 6) is 0. The lowest BCUT2D eigenvalue weighted by Crippen LogP contribution is -2.68. The minimum absolute atomic E-state index is 0.0128. The molecule has 0 aliphatic carbocycles. The second-order valence-corrected chi connectivity index (χ2v) is 16.2. The first-order valence-corrected chi connectivity index (χ1v) is 21.1. The largest absolute Gasteiger partial charge is 0.394 e. The van der Waals surface area contributed by atoms with Crippen LogP contribution in [-0.2, 0) is 47.4 Å². The quantitative estimate of drug-likeness (QED) is 0.0220. The van der Waals surface area contributed by atoms with Crippen molar-refractivity contribution in [2.24, 2.45) is 5.11 Å². The Labute approximate surface area is 369 Å². The number of aliphatic hydroxyl groups is 16. The Morgan fingerprint density at radius 1 is 0.369 bits per heavy atom. The summed E-state index contributed by atoms with van der Waals surface area (Å²) in [5, 5.41) is 173. The van der Waals surface area contributed by atoms with E-state index in [0.717, 1.165) is 0 Å². The van der Waals surface area contributed by atoms with E-state index in [-0.39, 0.29) is 6.61 Å². The van der Waals surface area contributed by atoms with Crippen LogP contribution in [0.1, 0.15) is 25.7 Å². The molecule has 25 atom stereocenters. The lowest BCUT2D eigenvalue weighted by Gasteiger charge is -2.49. The number of ether oxygens (including phenoxy) is 10. The molecular weight excluding hydrogens is 890 g/mol. The lowest BCUT2D eigenvalue weighted by molar-refractivity contribution is -0.397. The van der Waals surface area contributed by atoms with Crippen LogP contribution in [0.15, 0.2) is 5.11 Å². The summed E-state index contributed by atoms with van der Waals surface area (Å²) in [4.78, 5) is 2.69. The van der Waals surface area contributed by atoms with E-state index < -0.39 is 187 Å². The Morgan fingerprint density at radius 3 is 1.11 bits per heavy atom. The highest BCUT2D eigenvalue weighted by Gasteiger charge is 2.57. The summed E-state index contributed by atoms with van der Waals surface area (Å²) in [6, 6.07) is 0. The van der Waals surface area contributed by atoms with E-state index in [9.17, 15) is 81.7 Å². The van der Waals surface area contributed by atoms with Gasteiger partial charge in [-0.2, -0.15) is 0 Å². The van der Waals surface area contributed by atoms with Crippen LogP contribution in [0.4, 0.5) is 0 Å². The van der Waals surface area contributed by atoms with Gasteiger partial charge in [0.15, 0.2) is 31.5 Å². The average molecular weight is 954 g/mol. The molecule has 0 radical (unpaired) electrons. The van der Waals surface area contributed by atoms with E-state index in [1.165, 1.54) is 0 Å². The van der Waals surface area contributed by atoms with E-state index in [1.807, 2.05) is 0 Å². The van der Waals surface area contributed by atoms with Crippen LogP contribution in [0.5, 0.6) is 0 Å². The number of azide groups is 1. The second kappa shape index (κ2) is 25.2. The minimum Gasteiger partial charge on any atom is -0.394 e. The van der Waals surface area contributed by atoms with Crippen LogP contribution < -0.4 is 0 Å².